The van der Waals surface area contributed by atoms with Gasteiger partial charge in [0.2, 0.25) is 0 Å². The molecule has 1 aliphatic rings. The Bertz CT molecular complexity index is 1240. The van der Waals surface area contributed by atoms with Gasteiger partial charge in [0.1, 0.15) is 11.6 Å². The van der Waals surface area contributed by atoms with E-state index in [9.17, 15) is 4.39 Å². The van der Waals surface area contributed by atoms with E-state index in [4.69, 9.17) is 5.73 Å². The number of halogens is 1. The van der Waals surface area contributed by atoms with Crippen molar-refractivity contribution in [3.63, 3.8) is 0 Å². The monoisotopic (exact) mass is 432 g/mol. The summed E-state index contributed by atoms with van der Waals surface area (Å²) >= 11 is 1.60. The Labute approximate surface area is 185 Å². The molecule has 0 atom stereocenters. The minimum Gasteiger partial charge on any atom is -0.385 e. The van der Waals surface area contributed by atoms with Crippen molar-refractivity contribution >= 4 is 33.3 Å². The van der Waals surface area contributed by atoms with Gasteiger partial charge in [-0.05, 0) is 49.1 Å². The largest absolute Gasteiger partial charge is 0.385 e. The first-order chi connectivity index (χ1) is 15.0. The van der Waals surface area contributed by atoms with Crippen molar-refractivity contribution in [1.29, 1.82) is 0 Å². The molecule has 0 amide bonds. The summed E-state index contributed by atoms with van der Waals surface area (Å²) in [6, 6.07) is 13.5. The number of H-pyrrole nitrogens is 1. The zero-order chi connectivity index (χ0) is 22.0. The van der Waals surface area contributed by atoms with Crippen LogP contribution in [0, 0.1) is 19.7 Å². The zero-order valence-electron chi connectivity index (χ0n) is 17.6. The topological polar surface area (TPSA) is 66.2 Å². The zero-order valence-corrected chi connectivity index (χ0v) is 18.4. The summed E-state index contributed by atoms with van der Waals surface area (Å²) in [7, 11) is 0. The molecule has 0 saturated heterocycles. The number of hydrogen-bond acceptors (Lipinski definition) is 4. The molecule has 158 valence electrons. The Kier molecular flexibility index (Phi) is 6.00. The summed E-state index contributed by atoms with van der Waals surface area (Å²) in [5, 5.41) is 4.29. The SMILES string of the molecule is C=C/N=C1/C=C(c2ccccc2)S/C1=C(/N)NCCc1c(C)[nH]c2c(F)ccc(C)c12. The molecule has 0 radical (unpaired) electrons. The van der Waals surface area contributed by atoms with Crippen molar-refractivity contribution in [1.82, 2.24) is 10.3 Å². The molecule has 0 saturated carbocycles. The highest BCUT2D eigenvalue weighted by Crippen LogP contribution is 2.41. The van der Waals surface area contributed by atoms with Gasteiger partial charge in [0, 0.05) is 28.7 Å². The lowest BCUT2D eigenvalue weighted by molar-refractivity contribution is 0.637. The summed E-state index contributed by atoms with van der Waals surface area (Å²) in [4.78, 5) is 9.57. The van der Waals surface area contributed by atoms with E-state index < -0.39 is 0 Å². The number of hydrogen-bond donors (Lipinski definition) is 3. The number of aryl methyl sites for hydroxylation is 2. The number of fused-ring (bicyclic) bond motifs is 1. The third kappa shape index (κ3) is 4.16. The van der Waals surface area contributed by atoms with Crippen LogP contribution < -0.4 is 11.1 Å². The van der Waals surface area contributed by atoms with Crippen molar-refractivity contribution in [3.05, 3.63) is 100 Å². The highest BCUT2D eigenvalue weighted by molar-refractivity contribution is 8.13. The van der Waals surface area contributed by atoms with E-state index in [0.29, 0.717) is 17.9 Å². The van der Waals surface area contributed by atoms with E-state index in [1.165, 1.54) is 12.3 Å². The van der Waals surface area contributed by atoms with Gasteiger partial charge in [-0.2, -0.15) is 0 Å². The van der Waals surface area contributed by atoms with Crippen LogP contribution in [-0.4, -0.2) is 17.2 Å². The van der Waals surface area contributed by atoms with Crippen LogP contribution in [0.4, 0.5) is 4.39 Å². The Morgan fingerprint density at radius 2 is 2.00 bits per heavy atom. The second-order valence-electron chi connectivity index (χ2n) is 7.44. The first-order valence-electron chi connectivity index (χ1n) is 10.1. The normalized spacial score (nSPS) is 16.6. The van der Waals surface area contributed by atoms with Gasteiger partial charge in [0.25, 0.3) is 0 Å². The predicted molar refractivity (Wildman–Crippen MR) is 130 cm³/mol. The summed E-state index contributed by atoms with van der Waals surface area (Å²) in [5.74, 6) is 0.352. The molecule has 0 fully saturated rings. The van der Waals surface area contributed by atoms with Crippen LogP contribution in [-0.2, 0) is 6.42 Å². The number of benzene rings is 2. The average molecular weight is 433 g/mol. The highest BCUT2D eigenvalue weighted by Gasteiger charge is 2.22. The molecular weight excluding hydrogens is 407 g/mol. The van der Waals surface area contributed by atoms with Gasteiger partial charge in [0.15, 0.2) is 0 Å². The Hall–Kier alpha value is -3.25. The number of aromatic amines is 1. The Balaban J connectivity index is 1.53. The maximum atomic E-state index is 14.2. The molecule has 0 spiro atoms. The van der Waals surface area contributed by atoms with Crippen molar-refractivity contribution < 1.29 is 4.39 Å². The average Bonchev–Trinajstić information content (AvgIpc) is 3.34. The van der Waals surface area contributed by atoms with Crippen molar-refractivity contribution in [2.45, 2.75) is 20.3 Å². The fourth-order valence-corrected chi connectivity index (χ4v) is 4.91. The maximum absolute atomic E-state index is 14.2. The maximum Gasteiger partial charge on any atom is 0.147 e. The lowest BCUT2D eigenvalue weighted by atomic mass is 10.0. The number of rotatable bonds is 6. The molecule has 0 aliphatic carbocycles. The minimum absolute atomic E-state index is 0.225. The van der Waals surface area contributed by atoms with E-state index in [2.05, 4.69) is 34.0 Å². The van der Waals surface area contributed by atoms with Gasteiger partial charge in [-0.3, -0.25) is 4.99 Å². The molecule has 0 unspecified atom stereocenters. The molecule has 4 N–H and O–H groups in total. The highest BCUT2D eigenvalue weighted by atomic mass is 32.2. The van der Waals surface area contributed by atoms with E-state index in [0.717, 1.165) is 49.7 Å². The first kappa shape index (κ1) is 21.0. The number of nitrogens with one attached hydrogen (secondary N) is 2. The van der Waals surface area contributed by atoms with Gasteiger partial charge < -0.3 is 16.0 Å². The number of thioether (sulfide) groups is 1. The molecule has 2 heterocycles. The summed E-state index contributed by atoms with van der Waals surface area (Å²) in [5.41, 5.74) is 12.1. The smallest absolute Gasteiger partial charge is 0.147 e. The van der Waals surface area contributed by atoms with Crippen LogP contribution in [0.25, 0.3) is 15.8 Å². The second-order valence-corrected chi connectivity index (χ2v) is 8.49. The van der Waals surface area contributed by atoms with Crippen molar-refractivity contribution in [3.8, 4) is 0 Å². The van der Waals surface area contributed by atoms with Crippen LogP contribution >= 0.6 is 11.8 Å². The number of nitrogens with two attached hydrogens (primary N) is 1. The lowest BCUT2D eigenvalue weighted by Gasteiger charge is -2.11. The summed E-state index contributed by atoms with van der Waals surface area (Å²) in [6.45, 7) is 8.33. The fraction of sp³-hybridized carbons (Fsp3) is 0.160. The molecule has 1 aromatic heterocycles. The molecule has 31 heavy (non-hydrogen) atoms. The molecule has 6 heteroatoms. The van der Waals surface area contributed by atoms with E-state index >= 15 is 0 Å². The Morgan fingerprint density at radius 3 is 2.74 bits per heavy atom. The molecular formula is C25H25FN4S. The third-order valence-corrected chi connectivity index (χ3v) is 6.57. The van der Waals surface area contributed by atoms with Crippen LogP contribution in [0.15, 0.2) is 77.0 Å². The number of nitrogens with zero attached hydrogens (tertiary/aromatic N) is 1. The van der Waals surface area contributed by atoms with Crippen LogP contribution in [0.2, 0.25) is 0 Å². The first-order valence-corrected chi connectivity index (χ1v) is 10.9. The number of allylic oxidation sites excluding steroid dienone is 2. The van der Waals surface area contributed by atoms with Gasteiger partial charge >= 0.3 is 0 Å². The van der Waals surface area contributed by atoms with Crippen LogP contribution in [0.3, 0.4) is 0 Å². The summed E-state index contributed by atoms with van der Waals surface area (Å²) in [6.07, 6.45) is 4.28. The van der Waals surface area contributed by atoms with Crippen LogP contribution in [0.1, 0.15) is 22.4 Å². The third-order valence-electron chi connectivity index (χ3n) is 5.37. The van der Waals surface area contributed by atoms with Gasteiger partial charge in [-0.15, -0.1) is 0 Å². The van der Waals surface area contributed by atoms with Gasteiger partial charge in [-0.25, -0.2) is 4.39 Å². The van der Waals surface area contributed by atoms with Gasteiger partial charge in [-0.1, -0.05) is 54.7 Å². The van der Waals surface area contributed by atoms with Crippen LogP contribution in [0.5, 0.6) is 0 Å². The summed E-state index contributed by atoms with van der Waals surface area (Å²) < 4.78 is 14.2. The lowest BCUT2D eigenvalue weighted by Crippen LogP contribution is -2.25. The minimum atomic E-state index is -0.225. The number of aromatic nitrogens is 1. The van der Waals surface area contributed by atoms with Crippen molar-refractivity contribution in [2.24, 2.45) is 10.7 Å². The van der Waals surface area contributed by atoms with E-state index in [1.54, 1.807) is 11.8 Å². The Morgan fingerprint density at radius 1 is 1.23 bits per heavy atom. The van der Waals surface area contributed by atoms with E-state index in [1.807, 2.05) is 44.2 Å². The van der Waals surface area contributed by atoms with E-state index in [-0.39, 0.29) is 5.82 Å². The predicted octanol–water partition coefficient (Wildman–Crippen LogP) is 5.56. The van der Waals surface area contributed by atoms with Crippen molar-refractivity contribution in [2.75, 3.05) is 6.54 Å². The quantitative estimate of drug-likeness (QED) is 0.478. The number of aliphatic imine (C=N–C) groups is 1. The van der Waals surface area contributed by atoms with Gasteiger partial charge in [0.05, 0.1) is 16.1 Å². The molecule has 2 aromatic carbocycles. The molecule has 1 aliphatic heterocycles. The fourth-order valence-electron chi connectivity index (χ4n) is 3.87. The molecule has 4 nitrogen and oxygen atoms in total. The standard InChI is InChI=1S/C25H25FN4S/c1-4-28-20-14-21(17-8-6-5-7-9-17)31-24(20)25(27)29-13-12-18-16(3)30-23-19(26)11-10-15(2)22(18)23/h4-11,14,29-30H,1,12-13,27H2,2-3H3/b25-24-,28-20-. The molecule has 3 aromatic rings. The molecule has 4 rings (SSSR count). The molecule has 0 bridgehead atoms. The second kappa shape index (κ2) is 8.86.